The fourth-order valence-corrected chi connectivity index (χ4v) is 3.17. The number of amides is 1. The highest BCUT2D eigenvalue weighted by Gasteiger charge is 2.29. The van der Waals surface area contributed by atoms with Gasteiger partial charge >= 0.3 is 0 Å². The molecule has 0 radical (unpaired) electrons. The molecule has 0 saturated carbocycles. The van der Waals surface area contributed by atoms with Gasteiger partial charge in [0.1, 0.15) is 6.10 Å². The first kappa shape index (κ1) is 17.1. The molecule has 6 nitrogen and oxygen atoms in total. The maximum absolute atomic E-state index is 12.6. The normalized spacial score (nSPS) is 22.4. The molecule has 3 rings (SSSR count). The SMILES string of the molecule is CC(C)(C)c1n[nH]c([C@@H]2CN(C(=O)CC3=CCCCC3)CCO2)n1. The summed E-state index contributed by atoms with van der Waals surface area (Å²) in [6, 6.07) is 0. The van der Waals surface area contributed by atoms with Crippen LogP contribution in [-0.4, -0.2) is 45.7 Å². The molecule has 1 aromatic rings. The molecule has 0 bridgehead atoms. The molecule has 1 aliphatic carbocycles. The van der Waals surface area contributed by atoms with Gasteiger partial charge in [-0.2, -0.15) is 5.10 Å². The molecule has 1 N–H and O–H groups in total. The number of ether oxygens (including phenoxy) is 1. The van der Waals surface area contributed by atoms with Crippen molar-refractivity contribution >= 4 is 5.91 Å². The molecule has 1 amide bonds. The first-order valence-corrected chi connectivity index (χ1v) is 8.93. The summed E-state index contributed by atoms with van der Waals surface area (Å²) in [5.74, 6) is 1.69. The standard InChI is InChI=1S/C18H28N4O2/c1-18(2,3)17-19-16(20-21-17)14-12-22(9-10-24-14)15(23)11-13-7-5-4-6-8-13/h7,14H,4-6,8-12H2,1-3H3,(H,19,20,21)/t14-/m0/s1. The van der Waals surface area contributed by atoms with Crippen molar-refractivity contribution in [3.05, 3.63) is 23.3 Å². The number of nitrogens with one attached hydrogen (secondary N) is 1. The van der Waals surface area contributed by atoms with Crippen LogP contribution in [0.5, 0.6) is 0 Å². The van der Waals surface area contributed by atoms with E-state index in [-0.39, 0.29) is 17.4 Å². The molecule has 132 valence electrons. The van der Waals surface area contributed by atoms with Crippen molar-refractivity contribution in [1.29, 1.82) is 0 Å². The van der Waals surface area contributed by atoms with Crippen LogP contribution in [0.2, 0.25) is 0 Å². The number of H-pyrrole nitrogens is 1. The Balaban J connectivity index is 1.62. The molecule has 0 unspecified atom stereocenters. The van der Waals surface area contributed by atoms with E-state index < -0.39 is 0 Å². The zero-order valence-electron chi connectivity index (χ0n) is 15.0. The minimum absolute atomic E-state index is 0.105. The summed E-state index contributed by atoms with van der Waals surface area (Å²) in [6.07, 6.45) is 7.21. The van der Waals surface area contributed by atoms with Gasteiger partial charge < -0.3 is 9.64 Å². The van der Waals surface area contributed by atoms with Crippen molar-refractivity contribution in [1.82, 2.24) is 20.1 Å². The lowest BCUT2D eigenvalue weighted by atomic mass is 9.96. The number of morpholine rings is 1. The maximum Gasteiger partial charge on any atom is 0.226 e. The van der Waals surface area contributed by atoms with Crippen LogP contribution in [-0.2, 0) is 14.9 Å². The Hall–Kier alpha value is -1.69. The van der Waals surface area contributed by atoms with Gasteiger partial charge in [0.15, 0.2) is 11.6 Å². The van der Waals surface area contributed by atoms with Gasteiger partial charge in [0.25, 0.3) is 0 Å². The van der Waals surface area contributed by atoms with Crippen molar-refractivity contribution in [2.45, 2.75) is 64.4 Å². The fourth-order valence-electron chi connectivity index (χ4n) is 3.17. The molecule has 6 heteroatoms. The molecule has 1 fully saturated rings. The largest absolute Gasteiger partial charge is 0.367 e. The van der Waals surface area contributed by atoms with Crippen molar-refractivity contribution < 1.29 is 9.53 Å². The third-order valence-corrected chi connectivity index (χ3v) is 4.66. The summed E-state index contributed by atoms with van der Waals surface area (Å²) < 4.78 is 5.82. The monoisotopic (exact) mass is 332 g/mol. The number of hydrogen-bond acceptors (Lipinski definition) is 4. The van der Waals surface area contributed by atoms with E-state index in [0.29, 0.717) is 31.9 Å². The Morgan fingerprint density at radius 3 is 2.92 bits per heavy atom. The minimum Gasteiger partial charge on any atom is -0.367 e. The van der Waals surface area contributed by atoms with E-state index in [0.717, 1.165) is 18.7 Å². The zero-order chi connectivity index (χ0) is 17.2. The summed E-state index contributed by atoms with van der Waals surface area (Å²) in [7, 11) is 0. The summed E-state index contributed by atoms with van der Waals surface area (Å²) >= 11 is 0. The number of hydrogen-bond donors (Lipinski definition) is 1. The van der Waals surface area contributed by atoms with Crippen LogP contribution in [0.25, 0.3) is 0 Å². The fraction of sp³-hybridized carbons (Fsp3) is 0.722. The summed E-state index contributed by atoms with van der Waals surface area (Å²) in [5.41, 5.74) is 1.19. The predicted octanol–water partition coefficient (Wildman–Crippen LogP) is 2.89. The molecule has 1 aromatic heterocycles. The lowest BCUT2D eigenvalue weighted by Crippen LogP contribution is -2.42. The molecule has 2 aliphatic rings. The van der Waals surface area contributed by atoms with Crippen LogP contribution in [0.4, 0.5) is 0 Å². The predicted molar refractivity (Wildman–Crippen MR) is 91.5 cm³/mol. The van der Waals surface area contributed by atoms with Crippen molar-refractivity contribution in [2.75, 3.05) is 19.7 Å². The van der Waals surface area contributed by atoms with Crippen LogP contribution in [0.3, 0.4) is 0 Å². The lowest BCUT2D eigenvalue weighted by Gasteiger charge is -2.32. The van der Waals surface area contributed by atoms with E-state index in [2.05, 4.69) is 42.0 Å². The van der Waals surface area contributed by atoms with Crippen molar-refractivity contribution in [2.24, 2.45) is 0 Å². The van der Waals surface area contributed by atoms with E-state index in [1.165, 1.54) is 18.4 Å². The molecule has 1 saturated heterocycles. The molecule has 0 aromatic carbocycles. The van der Waals surface area contributed by atoms with Crippen LogP contribution in [0.15, 0.2) is 11.6 Å². The first-order chi connectivity index (χ1) is 11.4. The smallest absolute Gasteiger partial charge is 0.226 e. The average Bonchev–Trinajstić information content (AvgIpc) is 3.06. The van der Waals surface area contributed by atoms with E-state index in [9.17, 15) is 4.79 Å². The number of carbonyl (C=O) groups is 1. The molecular formula is C18H28N4O2. The molecule has 2 heterocycles. The van der Waals surface area contributed by atoms with E-state index in [1.807, 2.05) is 4.90 Å². The first-order valence-electron chi connectivity index (χ1n) is 8.93. The second-order valence-corrected chi connectivity index (χ2v) is 7.78. The highest BCUT2D eigenvalue weighted by Crippen LogP contribution is 2.25. The Morgan fingerprint density at radius 2 is 2.25 bits per heavy atom. The molecular weight excluding hydrogens is 304 g/mol. The molecule has 24 heavy (non-hydrogen) atoms. The van der Waals surface area contributed by atoms with Crippen LogP contribution in [0.1, 0.15) is 70.6 Å². The van der Waals surface area contributed by atoms with E-state index in [1.54, 1.807) is 0 Å². The number of aromatic amines is 1. The summed E-state index contributed by atoms with van der Waals surface area (Å²) in [5, 5.41) is 7.28. The Labute approximate surface area is 143 Å². The Bertz CT molecular complexity index is 615. The molecule has 1 aliphatic heterocycles. The van der Waals surface area contributed by atoms with Gasteiger partial charge in [0.2, 0.25) is 5.91 Å². The zero-order valence-corrected chi connectivity index (χ0v) is 15.0. The third-order valence-electron chi connectivity index (χ3n) is 4.66. The van der Waals surface area contributed by atoms with Gasteiger partial charge in [-0.1, -0.05) is 32.4 Å². The summed E-state index contributed by atoms with van der Waals surface area (Å²) in [4.78, 5) is 19.1. The maximum atomic E-state index is 12.6. The highest BCUT2D eigenvalue weighted by atomic mass is 16.5. The Kier molecular flexibility index (Phi) is 5.04. The number of aromatic nitrogens is 3. The van der Waals surface area contributed by atoms with Crippen LogP contribution in [0, 0.1) is 0 Å². The quantitative estimate of drug-likeness (QED) is 0.864. The second kappa shape index (κ2) is 7.05. The van der Waals surface area contributed by atoms with Crippen molar-refractivity contribution in [3.63, 3.8) is 0 Å². The summed E-state index contributed by atoms with van der Waals surface area (Å²) in [6.45, 7) is 7.98. The highest BCUT2D eigenvalue weighted by molar-refractivity contribution is 5.78. The van der Waals surface area contributed by atoms with E-state index >= 15 is 0 Å². The van der Waals surface area contributed by atoms with Gasteiger partial charge in [-0.3, -0.25) is 9.89 Å². The van der Waals surface area contributed by atoms with Gasteiger partial charge in [-0.25, -0.2) is 4.98 Å². The lowest BCUT2D eigenvalue weighted by molar-refractivity contribution is -0.138. The topological polar surface area (TPSA) is 71.1 Å². The molecule has 1 atom stereocenters. The number of allylic oxidation sites excluding steroid dienone is 1. The van der Waals surface area contributed by atoms with Crippen LogP contribution < -0.4 is 0 Å². The third kappa shape index (κ3) is 4.04. The van der Waals surface area contributed by atoms with Crippen molar-refractivity contribution in [3.8, 4) is 0 Å². The molecule has 0 spiro atoms. The van der Waals surface area contributed by atoms with Gasteiger partial charge in [-0.15, -0.1) is 0 Å². The minimum atomic E-state index is -0.216. The van der Waals surface area contributed by atoms with Gasteiger partial charge in [0.05, 0.1) is 13.2 Å². The number of carbonyl (C=O) groups excluding carboxylic acids is 1. The average molecular weight is 332 g/mol. The Morgan fingerprint density at radius 1 is 1.42 bits per heavy atom. The van der Waals surface area contributed by atoms with Gasteiger partial charge in [-0.05, 0) is 25.7 Å². The second-order valence-electron chi connectivity index (χ2n) is 7.78. The van der Waals surface area contributed by atoms with E-state index in [4.69, 9.17) is 4.74 Å². The van der Waals surface area contributed by atoms with Gasteiger partial charge in [0, 0.05) is 18.4 Å². The number of nitrogens with zero attached hydrogens (tertiary/aromatic N) is 3. The number of rotatable bonds is 3. The van der Waals surface area contributed by atoms with Crippen LogP contribution >= 0.6 is 0 Å².